The molecule has 0 aliphatic heterocycles. The molecule has 22 heavy (non-hydrogen) atoms. The van der Waals surface area contributed by atoms with Gasteiger partial charge in [-0.25, -0.2) is 4.98 Å². The first-order valence-corrected chi connectivity index (χ1v) is 7.83. The molecule has 110 valence electrons. The lowest BCUT2D eigenvalue weighted by Crippen LogP contribution is -2.02. The summed E-state index contributed by atoms with van der Waals surface area (Å²) >= 11 is 7.10. The largest absolute Gasteiger partial charge is 0.293 e. The standard InChI is InChI=1S/C15H11ClN4OS/c16-12-3-1-10(2-4-12)13(21)9-22-15-18-14(19-20-15)11-5-7-17-8-6-11/h1-8H,9H2,(H,18,19,20). The van der Waals surface area contributed by atoms with Gasteiger partial charge >= 0.3 is 0 Å². The van der Waals surface area contributed by atoms with Gasteiger partial charge in [-0.2, -0.15) is 0 Å². The van der Waals surface area contributed by atoms with Crippen molar-refractivity contribution < 1.29 is 4.79 Å². The monoisotopic (exact) mass is 330 g/mol. The SMILES string of the molecule is O=C(CSc1n[nH]c(-c2ccncc2)n1)c1ccc(Cl)cc1. The van der Waals surface area contributed by atoms with Gasteiger partial charge in [-0.1, -0.05) is 23.4 Å². The lowest BCUT2D eigenvalue weighted by Gasteiger charge is -1.99. The number of ketones is 1. The predicted octanol–water partition coefficient (Wildman–Crippen LogP) is 3.50. The van der Waals surface area contributed by atoms with Crippen LogP contribution in [0.1, 0.15) is 10.4 Å². The number of nitrogens with zero attached hydrogens (tertiary/aromatic N) is 3. The fourth-order valence-electron chi connectivity index (χ4n) is 1.80. The Morgan fingerprint density at radius 3 is 2.59 bits per heavy atom. The number of aromatic amines is 1. The number of hydrogen-bond donors (Lipinski definition) is 1. The van der Waals surface area contributed by atoms with Crippen LogP contribution < -0.4 is 0 Å². The summed E-state index contributed by atoms with van der Waals surface area (Å²) in [5.74, 6) is 0.940. The zero-order chi connectivity index (χ0) is 15.4. The molecule has 0 spiro atoms. The Balaban J connectivity index is 1.64. The summed E-state index contributed by atoms with van der Waals surface area (Å²) in [5.41, 5.74) is 1.53. The Morgan fingerprint density at radius 2 is 1.86 bits per heavy atom. The Kier molecular flexibility index (Phi) is 4.50. The van der Waals surface area contributed by atoms with Gasteiger partial charge in [0.25, 0.3) is 0 Å². The number of benzene rings is 1. The number of halogens is 1. The summed E-state index contributed by atoms with van der Waals surface area (Å²) in [6.07, 6.45) is 3.38. The van der Waals surface area contributed by atoms with Crippen molar-refractivity contribution in [2.24, 2.45) is 0 Å². The molecule has 0 saturated heterocycles. The molecule has 1 aromatic carbocycles. The van der Waals surface area contributed by atoms with Crippen molar-refractivity contribution in [2.45, 2.75) is 5.16 Å². The van der Waals surface area contributed by atoms with Crippen molar-refractivity contribution in [1.82, 2.24) is 20.2 Å². The smallest absolute Gasteiger partial charge is 0.209 e. The first-order chi connectivity index (χ1) is 10.7. The maximum Gasteiger partial charge on any atom is 0.209 e. The third-order valence-electron chi connectivity index (χ3n) is 2.92. The van der Waals surface area contributed by atoms with Crippen LogP contribution in [-0.2, 0) is 0 Å². The second-order valence-corrected chi connectivity index (χ2v) is 5.80. The van der Waals surface area contributed by atoms with Gasteiger partial charge in [0.15, 0.2) is 11.6 Å². The molecule has 0 unspecified atom stereocenters. The highest BCUT2D eigenvalue weighted by molar-refractivity contribution is 7.99. The predicted molar refractivity (Wildman–Crippen MR) is 86.1 cm³/mol. The topological polar surface area (TPSA) is 71.5 Å². The van der Waals surface area contributed by atoms with Crippen molar-refractivity contribution in [3.05, 3.63) is 59.4 Å². The quantitative estimate of drug-likeness (QED) is 0.572. The first kappa shape index (κ1) is 14.7. The molecule has 0 aliphatic carbocycles. The Hall–Kier alpha value is -2.18. The highest BCUT2D eigenvalue weighted by Gasteiger charge is 2.10. The Bertz CT molecular complexity index is 774. The van der Waals surface area contributed by atoms with Gasteiger partial charge in [-0.05, 0) is 36.4 Å². The normalized spacial score (nSPS) is 10.6. The van der Waals surface area contributed by atoms with Gasteiger partial charge in [0.2, 0.25) is 5.16 Å². The van der Waals surface area contributed by atoms with E-state index in [0.29, 0.717) is 21.6 Å². The molecule has 2 aromatic heterocycles. The summed E-state index contributed by atoms with van der Waals surface area (Å²) in [4.78, 5) is 20.4. The van der Waals surface area contributed by atoms with Crippen molar-refractivity contribution in [1.29, 1.82) is 0 Å². The average Bonchev–Trinajstić information content (AvgIpc) is 3.03. The van der Waals surface area contributed by atoms with E-state index in [-0.39, 0.29) is 11.5 Å². The molecule has 0 amide bonds. The highest BCUT2D eigenvalue weighted by Crippen LogP contribution is 2.20. The molecule has 2 heterocycles. The van der Waals surface area contributed by atoms with Crippen LogP contribution in [0.15, 0.2) is 53.9 Å². The van der Waals surface area contributed by atoms with Crippen molar-refractivity contribution in [3.63, 3.8) is 0 Å². The van der Waals surface area contributed by atoms with E-state index in [1.54, 1.807) is 36.7 Å². The summed E-state index contributed by atoms with van der Waals surface area (Å²) in [6.45, 7) is 0. The lowest BCUT2D eigenvalue weighted by atomic mass is 10.1. The van der Waals surface area contributed by atoms with Crippen LogP contribution >= 0.6 is 23.4 Å². The highest BCUT2D eigenvalue weighted by atomic mass is 35.5. The lowest BCUT2D eigenvalue weighted by molar-refractivity contribution is 0.102. The second-order valence-electron chi connectivity index (χ2n) is 4.42. The van der Waals surface area contributed by atoms with Crippen LogP contribution in [-0.4, -0.2) is 31.7 Å². The molecule has 0 atom stereocenters. The number of H-pyrrole nitrogens is 1. The maximum atomic E-state index is 12.1. The van der Waals surface area contributed by atoms with E-state index < -0.39 is 0 Å². The summed E-state index contributed by atoms with van der Waals surface area (Å²) < 4.78 is 0. The van der Waals surface area contributed by atoms with Crippen LogP contribution in [0.4, 0.5) is 0 Å². The molecule has 0 bridgehead atoms. The Labute approximate surface area is 136 Å². The molecular weight excluding hydrogens is 320 g/mol. The molecule has 3 aromatic rings. The van der Waals surface area contributed by atoms with Gasteiger partial charge in [0.05, 0.1) is 5.75 Å². The van der Waals surface area contributed by atoms with Gasteiger partial charge in [0.1, 0.15) is 0 Å². The molecule has 7 heteroatoms. The van der Waals surface area contributed by atoms with Crippen LogP contribution in [0.5, 0.6) is 0 Å². The molecular formula is C15H11ClN4OS. The summed E-state index contributed by atoms with van der Waals surface area (Å²) in [6, 6.07) is 10.5. The molecule has 1 N–H and O–H groups in total. The number of rotatable bonds is 5. The van der Waals surface area contributed by atoms with Crippen LogP contribution in [0.2, 0.25) is 5.02 Å². The van der Waals surface area contributed by atoms with E-state index in [0.717, 1.165) is 5.56 Å². The number of Topliss-reactive ketones (excluding diaryl/α,β-unsaturated/α-hetero) is 1. The maximum absolute atomic E-state index is 12.1. The molecule has 0 aliphatic rings. The van der Waals surface area contributed by atoms with Gasteiger partial charge < -0.3 is 0 Å². The van der Waals surface area contributed by atoms with Gasteiger partial charge in [0, 0.05) is 28.5 Å². The number of hydrogen-bond acceptors (Lipinski definition) is 5. The fraction of sp³-hybridized carbons (Fsp3) is 0.0667. The first-order valence-electron chi connectivity index (χ1n) is 6.47. The third-order valence-corrected chi connectivity index (χ3v) is 4.02. The zero-order valence-corrected chi connectivity index (χ0v) is 12.9. The van der Waals surface area contributed by atoms with Gasteiger partial charge in [-0.15, -0.1) is 5.10 Å². The zero-order valence-electron chi connectivity index (χ0n) is 11.4. The van der Waals surface area contributed by atoms with E-state index in [1.165, 1.54) is 11.8 Å². The van der Waals surface area contributed by atoms with Gasteiger partial charge in [-0.3, -0.25) is 14.9 Å². The second kappa shape index (κ2) is 6.72. The van der Waals surface area contributed by atoms with E-state index in [1.807, 2.05) is 12.1 Å². The van der Waals surface area contributed by atoms with Crippen molar-refractivity contribution in [3.8, 4) is 11.4 Å². The van der Waals surface area contributed by atoms with Crippen LogP contribution in [0.25, 0.3) is 11.4 Å². The minimum atomic E-state index is 0.0110. The average molecular weight is 331 g/mol. The number of carbonyl (C=O) groups excluding carboxylic acids is 1. The van der Waals surface area contributed by atoms with Crippen molar-refractivity contribution in [2.75, 3.05) is 5.75 Å². The summed E-state index contributed by atoms with van der Waals surface area (Å²) in [7, 11) is 0. The van der Waals surface area contributed by atoms with E-state index in [9.17, 15) is 4.79 Å². The number of pyridine rings is 1. The number of aromatic nitrogens is 4. The van der Waals surface area contributed by atoms with Crippen LogP contribution in [0, 0.1) is 0 Å². The Morgan fingerprint density at radius 1 is 1.14 bits per heavy atom. The van der Waals surface area contributed by atoms with Crippen LogP contribution in [0.3, 0.4) is 0 Å². The number of carbonyl (C=O) groups is 1. The van der Waals surface area contributed by atoms with E-state index in [4.69, 9.17) is 11.6 Å². The minimum absolute atomic E-state index is 0.0110. The minimum Gasteiger partial charge on any atom is -0.293 e. The molecule has 0 radical (unpaired) electrons. The fourth-order valence-corrected chi connectivity index (χ4v) is 2.62. The number of thioether (sulfide) groups is 1. The molecule has 0 saturated carbocycles. The third kappa shape index (κ3) is 3.52. The molecule has 3 rings (SSSR count). The van der Waals surface area contributed by atoms with E-state index in [2.05, 4.69) is 20.2 Å². The molecule has 0 fully saturated rings. The van der Waals surface area contributed by atoms with E-state index >= 15 is 0 Å². The van der Waals surface area contributed by atoms with Crippen molar-refractivity contribution >= 4 is 29.1 Å². The molecule has 5 nitrogen and oxygen atoms in total. The number of nitrogens with one attached hydrogen (secondary N) is 1. The summed E-state index contributed by atoms with van der Waals surface area (Å²) in [5, 5.41) is 8.11.